The second kappa shape index (κ2) is 8.48. The predicted octanol–water partition coefficient (Wildman–Crippen LogP) is 4.65. The van der Waals surface area contributed by atoms with Crippen molar-refractivity contribution in [1.29, 1.82) is 0 Å². The van der Waals surface area contributed by atoms with E-state index in [0.29, 0.717) is 5.95 Å². The van der Waals surface area contributed by atoms with Crippen LogP contribution in [0.1, 0.15) is 5.56 Å². The first-order valence-corrected chi connectivity index (χ1v) is 8.75. The van der Waals surface area contributed by atoms with Crippen LogP contribution in [0.4, 0.5) is 17.5 Å². The van der Waals surface area contributed by atoms with Gasteiger partial charge in [-0.2, -0.15) is 4.98 Å². The maximum absolute atomic E-state index is 5.17. The Balaban J connectivity index is 1.57. The Labute approximate surface area is 155 Å². The molecule has 25 heavy (non-hydrogen) atoms. The Morgan fingerprint density at radius 2 is 1.84 bits per heavy atom. The summed E-state index contributed by atoms with van der Waals surface area (Å²) in [6.07, 6.45) is 2.62. The molecule has 3 aromatic rings. The van der Waals surface area contributed by atoms with Crippen LogP contribution in [0.2, 0.25) is 0 Å². The maximum Gasteiger partial charge on any atom is 0.224 e. The van der Waals surface area contributed by atoms with Gasteiger partial charge in [0.2, 0.25) is 5.95 Å². The van der Waals surface area contributed by atoms with E-state index in [1.165, 1.54) is 5.56 Å². The van der Waals surface area contributed by atoms with Crippen LogP contribution in [-0.2, 0) is 6.42 Å². The van der Waals surface area contributed by atoms with Crippen LogP contribution >= 0.6 is 15.9 Å². The fourth-order valence-corrected chi connectivity index (χ4v) is 2.71. The van der Waals surface area contributed by atoms with E-state index >= 15 is 0 Å². The quantitative estimate of drug-likeness (QED) is 0.606. The van der Waals surface area contributed by atoms with Gasteiger partial charge in [-0.25, -0.2) is 4.98 Å². The van der Waals surface area contributed by atoms with Crippen molar-refractivity contribution < 1.29 is 4.74 Å². The van der Waals surface area contributed by atoms with Gasteiger partial charge >= 0.3 is 0 Å². The molecule has 0 spiro atoms. The molecular weight excluding hydrogens is 380 g/mol. The Morgan fingerprint density at radius 3 is 2.60 bits per heavy atom. The minimum atomic E-state index is 0.602. The van der Waals surface area contributed by atoms with E-state index < -0.39 is 0 Å². The molecule has 0 unspecified atom stereocenters. The van der Waals surface area contributed by atoms with Crippen molar-refractivity contribution in [2.24, 2.45) is 0 Å². The van der Waals surface area contributed by atoms with E-state index in [-0.39, 0.29) is 0 Å². The smallest absolute Gasteiger partial charge is 0.224 e. The van der Waals surface area contributed by atoms with Gasteiger partial charge in [-0.05, 0) is 58.2 Å². The minimum absolute atomic E-state index is 0.602. The summed E-state index contributed by atoms with van der Waals surface area (Å²) in [5.41, 5.74) is 2.20. The Kier molecular flexibility index (Phi) is 5.85. The SMILES string of the molecule is COc1ccc(CCNc2nccc(Nc3ccccc3Br)n2)cc1. The van der Waals surface area contributed by atoms with Gasteiger partial charge in [-0.1, -0.05) is 24.3 Å². The number of hydrogen-bond acceptors (Lipinski definition) is 5. The molecule has 0 amide bonds. The lowest BCUT2D eigenvalue weighted by molar-refractivity contribution is 0.414. The molecule has 2 N–H and O–H groups in total. The monoisotopic (exact) mass is 398 g/mol. The van der Waals surface area contributed by atoms with Crippen LogP contribution in [0.25, 0.3) is 0 Å². The summed E-state index contributed by atoms with van der Waals surface area (Å²) in [5.74, 6) is 2.21. The van der Waals surface area contributed by atoms with E-state index in [2.05, 4.69) is 48.7 Å². The Morgan fingerprint density at radius 1 is 1.04 bits per heavy atom. The van der Waals surface area contributed by atoms with E-state index in [1.807, 2.05) is 42.5 Å². The zero-order valence-electron chi connectivity index (χ0n) is 13.9. The van der Waals surface area contributed by atoms with Crippen LogP contribution in [-0.4, -0.2) is 23.6 Å². The van der Waals surface area contributed by atoms with Crippen LogP contribution in [0, 0.1) is 0 Å². The topological polar surface area (TPSA) is 59.1 Å². The summed E-state index contributed by atoms with van der Waals surface area (Å²) >= 11 is 3.52. The number of anilines is 3. The highest BCUT2D eigenvalue weighted by atomic mass is 79.9. The maximum atomic E-state index is 5.17. The zero-order valence-corrected chi connectivity index (χ0v) is 15.5. The molecule has 0 bridgehead atoms. The van der Waals surface area contributed by atoms with Gasteiger partial charge in [0.1, 0.15) is 11.6 Å². The van der Waals surface area contributed by atoms with Gasteiger partial charge < -0.3 is 15.4 Å². The molecule has 5 nitrogen and oxygen atoms in total. The van der Waals surface area contributed by atoms with Gasteiger partial charge in [0.05, 0.1) is 12.8 Å². The number of halogens is 1. The fraction of sp³-hybridized carbons (Fsp3) is 0.158. The third kappa shape index (κ3) is 4.93. The summed E-state index contributed by atoms with van der Waals surface area (Å²) in [6.45, 7) is 0.755. The molecule has 1 aromatic heterocycles. The molecule has 2 aromatic carbocycles. The highest BCUT2D eigenvalue weighted by Crippen LogP contribution is 2.24. The Bertz CT molecular complexity index is 824. The summed E-state index contributed by atoms with van der Waals surface area (Å²) in [4.78, 5) is 8.76. The average molecular weight is 399 g/mol. The Hall–Kier alpha value is -2.60. The number of para-hydroxylation sites is 1. The number of ether oxygens (including phenoxy) is 1. The van der Waals surface area contributed by atoms with Crippen molar-refractivity contribution in [3.63, 3.8) is 0 Å². The summed E-state index contributed by atoms with van der Waals surface area (Å²) in [7, 11) is 1.67. The molecule has 0 fully saturated rings. The lowest BCUT2D eigenvalue weighted by Crippen LogP contribution is -2.08. The molecule has 0 atom stereocenters. The molecule has 0 saturated carbocycles. The van der Waals surface area contributed by atoms with E-state index in [4.69, 9.17) is 4.74 Å². The third-order valence-corrected chi connectivity index (χ3v) is 4.34. The van der Waals surface area contributed by atoms with Crippen molar-refractivity contribution in [2.45, 2.75) is 6.42 Å². The minimum Gasteiger partial charge on any atom is -0.497 e. The highest BCUT2D eigenvalue weighted by molar-refractivity contribution is 9.10. The molecule has 0 aliphatic heterocycles. The van der Waals surface area contributed by atoms with Gasteiger partial charge in [0.15, 0.2) is 0 Å². The molecule has 0 aliphatic rings. The first-order valence-electron chi connectivity index (χ1n) is 7.96. The number of methoxy groups -OCH3 is 1. The fourth-order valence-electron chi connectivity index (χ4n) is 2.32. The predicted molar refractivity (Wildman–Crippen MR) is 105 cm³/mol. The van der Waals surface area contributed by atoms with Gasteiger partial charge in [0, 0.05) is 17.2 Å². The van der Waals surface area contributed by atoms with Crippen molar-refractivity contribution in [1.82, 2.24) is 9.97 Å². The molecular formula is C19H19BrN4O. The second-order valence-electron chi connectivity index (χ2n) is 5.40. The molecule has 0 radical (unpaired) electrons. The van der Waals surface area contributed by atoms with Crippen LogP contribution in [0.5, 0.6) is 5.75 Å². The lowest BCUT2D eigenvalue weighted by Gasteiger charge is -2.10. The molecule has 1 heterocycles. The van der Waals surface area contributed by atoms with Gasteiger partial charge in [-0.3, -0.25) is 0 Å². The van der Waals surface area contributed by atoms with Crippen LogP contribution in [0.3, 0.4) is 0 Å². The van der Waals surface area contributed by atoms with Crippen molar-refractivity contribution in [2.75, 3.05) is 24.3 Å². The number of benzene rings is 2. The molecule has 128 valence electrons. The van der Waals surface area contributed by atoms with Crippen molar-refractivity contribution in [3.05, 3.63) is 70.8 Å². The largest absolute Gasteiger partial charge is 0.497 e. The van der Waals surface area contributed by atoms with Gasteiger partial charge in [-0.15, -0.1) is 0 Å². The molecule has 3 rings (SSSR count). The van der Waals surface area contributed by atoms with Crippen molar-refractivity contribution in [3.8, 4) is 5.75 Å². The number of rotatable bonds is 7. The first-order chi connectivity index (χ1) is 12.2. The first kappa shape index (κ1) is 17.2. The van der Waals surface area contributed by atoms with Crippen LogP contribution in [0.15, 0.2) is 65.3 Å². The normalized spacial score (nSPS) is 10.3. The zero-order chi connectivity index (χ0) is 17.5. The van der Waals surface area contributed by atoms with Crippen molar-refractivity contribution >= 4 is 33.4 Å². The number of aromatic nitrogens is 2. The highest BCUT2D eigenvalue weighted by Gasteiger charge is 2.03. The average Bonchev–Trinajstić information content (AvgIpc) is 2.65. The number of hydrogen-bond donors (Lipinski definition) is 2. The lowest BCUT2D eigenvalue weighted by atomic mass is 10.1. The van der Waals surface area contributed by atoms with Crippen LogP contribution < -0.4 is 15.4 Å². The summed E-state index contributed by atoms with van der Waals surface area (Å²) in [5, 5.41) is 6.54. The molecule has 0 saturated heterocycles. The molecule has 0 aliphatic carbocycles. The van der Waals surface area contributed by atoms with E-state index in [9.17, 15) is 0 Å². The third-order valence-electron chi connectivity index (χ3n) is 3.65. The van der Waals surface area contributed by atoms with Gasteiger partial charge in [0.25, 0.3) is 0 Å². The van der Waals surface area contributed by atoms with E-state index in [1.54, 1.807) is 13.3 Å². The summed E-state index contributed by atoms with van der Waals surface area (Å²) < 4.78 is 6.16. The number of nitrogens with one attached hydrogen (secondary N) is 2. The number of nitrogens with zero attached hydrogens (tertiary/aromatic N) is 2. The second-order valence-corrected chi connectivity index (χ2v) is 6.25. The molecule has 6 heteroatoms. The standard InChI is InChI=1S/C19H19BrN4O/c1-25-15-8-6-14(7-9-15)10-12-21-19-22-13-11-18(24-19)23-17-5-3-2-4-16(17)20/h2-9,11,13H,10,12H2,1H3,(H2,21,22,23,24). The van der Waals surface area contributed by atoms with E-state index in [0.717, 1.165) is 34.7 Å². The summed E-state index contributed by atoms with van der Waals surface area (Å²) in [6, 6.07) is 17.8.